The third-order valence-corrected chi connectivity index (χ3v) is 6.02. The van der Waals surface area contributed by atoms with Crippen LogP contribution in [0, 0.1) is 5.41 Å². The summed E-state index contributed by atoms with van der Waals surface area (Å²) in [5.41, 5.74) is 6.80. The molecule has 2 amide bonds. The smallest absolute Gasteiger partial charge is 0.248 e. The van der Waals surface area contributed by atoms with E-state index in [1.165, 1.54) is 19.3 Å². The predicted octanol–water partition coefficient (Wildman–Crippen LogP) is 2.79. The van der Waals surface area contributed by atoms with Gasteiger partial charge in [0.15, 0.2) is 0 Å². The van der Waals surface area contributed by atoms with Crippen molar-refractivity contribution in [2.45, 2.75) is 45.4 Å². The minimum absolute atomic E-state index is 0.108. The van der Waals surface area contributed by atoms with Gasteiger partial charge in [-0.3, -0.25) is 9.59 Å². The van der Waals surface area contributed by atoms with Crippen molar-refractivity contribution in [1.82, 2.24) is 4.90 Å². The van der Waals surface area contributed by atoms with Crippen molar-refractivity contribution in [1.29, 1.82) is 0 Å². The fourth-order valence-corrected chi connectivity index (χ4v) is 4.29. The number of hydrogen-bond acceptors (Lipinski definition) is 3. The van der Waals surface area contributed by atoms with Crippen molar-refractivity contribution in [2.24, 2.45) is 11.1 Å². The van der Waals surface area contributed by atoms with Gasteiger partial charge in [0.25, 0.3) is 0 Å². The highest BCUT2D eigenvalue weighted by Gasteiger charge is 2.41. The molecule has 0 bridgehead atoms. The van der Waals surface area contributed by atoms with Crippen LogP contribution in [0.15, 0.2) is 24.3 Å². The molecule has 25 heavy (non-hydrogen) atoms. The van der Waals surface area contributed by atoms with Crippen molar-refractivity contribution in [3.63, 3.8) is 0 Å². The fourth-order valence-electron chi connectivity index (χ4n) is 4.29. The van der Waals surface area contributed by atoms with Gasteiger partial charge in [0.2, 0.25) is 11.8 Å². The summed E-state index contributed by atoms with van der Waals surface area (Å²) in [5.74, 6) is -0.0299. The Bertz CT molecular complexity index is 612. The Hall–Kier alpha value is -2.04. The monoisotopic (exact) mass is 343 g/mol. The molecular formula is C20H29N3O2. The van der Waals surface area contributed by atoms with Gasteiger partial charge >= 0.3 is 0 Å². The Kier molecular flexibility index (Phi) is 5.30. The van der Waals surface area contributed by atoms with Crippen LogP contribution in [-0.4, -0.2) is 42.9 Å². The minimum atomic E-state index is -0.403. The minimum Gasteiger partial charge on any atom is -0.368 e. The standard InChI is InChI=1S/C20H29N3O2/c1-2-20(10-4-3-5-11-20)19(25)23-14-12-22(13-15-23)17-8-6-16(7-9-17)18(21)24/h6-9H,2-5,10-15H2,1H3,(H2,21,24). The molecule has 3 rings (SSSR count). The number of anilines is 1. The summed E-state index contributed by atoms with van der Waals surface area (Å²) in [5, 5.41) is 0. The molecule has 0 unspecified atom stereocenters. The average molecular weight is 343 g/mol. The topological polar surface area (TPSA) is 66.6 Å². The maximum absolute atomic E-state index is 13.1. The van der Waals surface area contributed by atoms with Crippen LogP contribution >= 0.6 is 0 Å². The van der Waals surface area contributed by atoms with Crippen LogP contribution in [0.3, 0.4) is 0 Å². The molecule has 1 saturated carbocycles. The molecule has 1 aliphatic heterocycles. The van der Waals surface area contributed by atoms with E-state index < -0.39 is 5.91 Å². The van der Waals surface area contributed by atoms with Gasteiger partial charge in [-0.2, -0.15) is 0 Å². The Labute approximate surface area is 150 Å². The van der Waals surface area contributed by atoms with Crippen molar-refractivity contribution in [3.05, 3.63) is 29.8 Å². The molecule has 0 aromatic heterocycles. The molecule has 2 aliphatic rings. The highest BCUT2D eigenvalue weighted by atomic mass is 16.2. The largest absolute Gasteiger partial charge is 0.368 e. The molecule has 1 aliphatic carbocycles. The van der Waals surface area contributed by atoms with E-state index in [2.05, 4.69) is 16.7 Å². The maximum atomic E-state index is 13.1. The lowest BCUT2D eigenvalue weighted by atomic mass is 9.71. The highest BCUT2D eigenvalue weighted by Crippen LogP contribution is 2.41. The summed E-state index contributed by atoms with van der Waals surface area (Å²) in [6.45, 7) is 5.39. The first-order chi connectivity index (χ1) is 12.1. The van der Waals surface area contributed by atoms with Crippen molar-refractivity contribution >= 4 is 17.5 Å². The molecule has 136 valence electrons. The molecule has 2 fully saturated rings. The average Bonchev–Trinajstić information content (AvgIpc) is 2.68. The summed E-state index contributed by atoms with van der Waals surface area (Å²) < 4.78 is 0. The Morgan fingerprint density at radius 1 is 1.00 bits per heavy atom. The predicted molar refractivity (Wildman–Crippen MR) is 99.6 cm³/mol. The second-order valence-electron chi connectivity index (χ2n) is 7.38. The lowest BCUT2D eigenvalue weighted by Gasteiger charge is -2.43. The van der Waals surface area contributed by atoms with E-state index in [0.29, 0.717) is 11.5 Å². The van der Waals surface area contributed by atoms with E-state index in [-0.39, 0.29) is 5.41 Å². The Morgan fingerprint density at radius 2 is 1.60 bits per heavy atom. The van der Waals surface area contributed by atoms with Crippen LogP contribution in [0.25, 0.3) is 0 Å². The summed E-state index contributed by atoms with van der Waals surface area (Å²) in [7, 11) is 0. The first-order valence-corrected chi connectivity index (χ1v) is 9.50. The highest BCUT2D eigenvalue weighted by molar-refractivity contribution is 5.93. The molecule has 5 heteroatoms. The van der Waals surface area contributed by atoms with E-state index in [1.54, 1.807) is 12.1 Å². The molecular weight excluding hydrogens is 314 g/mol. The quantitative estimate of drug-likeness (QED) is 0.914. The molecule has 0 atom stereocenters. The second kappa shape index (κ2) is 7.46. The molecule has 0 spiro atoms. The molecule has 5 nitrogen and oxygen atoms in total. The number of rotatable bonds is 4. The van der Waals surface area contributed by atoms with Gasteiger partial charge in [0, 0.05) is 42.8 Å². The van der Waals surface area contributed by atoms with Crippen molar-refractivity contribution in [2.75, 3.05) is 31.1 Å². The van der Waals surface area contributed by atoms with E-state index in [0.717, 1.165) is 51.1 Å². The van der Waals surface area contributed by atoms with E-state index >= 15 is 0 Å². The number of nitrogens with zero attached hydrogens (tertiary/aromatic N) is 2. The zero-order chi connectivity index (χ0) is 17.9. The van der Waals surface area contributed by atoms with Gasteiger partial charge in [-0.1, -0.05) is 26.2 Å². The number of hydrogen-bond donors (Lipinski definition) is 1. The Balaban J connectivity index is 1.61. The van der Waals surface area contributed by atoms with Gasteiger partial charge < -0.3 is 15.5 Å². The third kappa shape index (κ3) is 3.65. The SMILES string of the molecule is CCC1(C(=O)N2CCN(c3ccc(C(N)=O)cc3)CC2)CCCCC1. The molecule has 1 heterocycles. The van der Waals surface area contributed by atoms with Crippen LogP contribution < -0.4 is 10.6 Å². The number of nitrogens with two attached hydrogens (primary N) is 1. The lowest BCUT2D eigenvalue weighted by Crippen LogP contribution is -2.53. The number of benzene rings is 1. The molecule has 1 aromatic carbocycles. The van der Waals surface area contributed by atoms with Gasteiger partial charge in [-0.05, 0) is 43.5 Å². The van der Waals surface area contributed by atoms with Crippen LogP contribution in [0.5, 0.6) is 0 Å². The number of carbonyl (C=O) groups is 2. The first kappa shape index (κ1) is 17.8. The van der Waals surface area contributed by atoms with E-state index in [9.17, 15) is 9.59 Å². The van der Waals surface area contributed by atoms with Gasteiger partial charge in [-0.15, -0.1) is 0 Å². The molecule has 1 saturated heterocycles. The van der Waals surface area contributed by atoms with Gasteiger partial charge in [-0.25, -0.2) is 0 Å². The van der Waals surface area contributed by atoms with E-state index in [4.69, 9.17) is 5.73 Å². The first-order valence-electron chi connectivity index (χ1n) is 9.50. The zero-order valence-corrected chi connectivity index (χ0v) is 15.2. The zero-order valence-electron chi connectivity index (χ0n) is 15.2. The number of piperazine rings is 1. The van der Waals surface area contributed by atoms with Crippen LogP contribution in [0.4, 0.5) is 5.69 Å². The second-order valence-corrected chi connectivity index (χ2v) is 7.38. The number of amides is 2. The lowest BCUT2D eigenvalue weighted by molar-refractivity contribution is -0.144. The fraction of sp³-hybridized carbons (Fsp3) is 0.600. The third-order valence-electron chi connectivity index (χ3n) is 6.02. The van der Waals surface area contributed by atoms with Crippen molar-refractivity contribution < 1.29 is 9.59 Å². The summed E-state index contributed by atoms with van der Waals surface area (Å²) in [6, 6.07) is 7.41. The molecule has 0 radical (unpaired) electrons. The number of primary amides is 1. The van der Waals surface area contributed by atoms with Crippen molar-refractivity contribution in [3.8, 4) is 0 Å². The summed E-state index contributed by atoms with van der Waals surface area (Å²) >= 11 is 0. The molecule has 1 aromatic rings. The number of carbonyl (C=O) groups excluding carboxylic acids is 2. The van der Waals surface area contributed by atoms with E-state index in [1.807, 2.05) is 12.1 Å². The van der Waals surface area contributed by atoms with Crippen LogP contribution in [-0.2, 0) is 4.79 Å². The van der Waals surface area contributed by atoms with Gasteiger partial charge in [0.1, 0.15) is 0 Å². The summed E-state index contributed by atoms with van der Waals surface area (Å²) in [6.07, 6.45) is 6.70. The van der Waals surface area contributed by atoms with Crippen LogP contribution in [0.1, 0.15) is 55.8 Å². The Morgan fingerprint density at radius 3 is 2.12 bits per heavy atom. The maximum Gasteiger partial charge on any atom is 0.248 e. The van der Waals surface area contributed by atoms with Gasteiger partial charge in [0.05, 0.1) is 0 Å². The normalized spacial score (nSPS) is 20.4. The summed E-state index contributed by atoms with van der Waals surface area (Å²) in [4.78, 5) is 28.6. The molecule has 2 N–H and O–H groups in total. The van der Waals surface area contributed by atoms with Crippen LogP contribution in [0.2, 0.25) is 0 Å².